The van der Waals surface area contributed by atoms with Crippen molar-refractivity contribution in [2.24, 2.45) is 5.92 Å². The van der Waals surface area contributed by atoms with Gasteiger partial charge in [0.05, 0.1) is 13.2 Å². The maximum Gasteiger partial charge on any atom is 0.261 e. The fourth-order valence-electron chi connectivity index (χ4n) is 4.34. The number of aromatic nitrogens is 1. The van der Waals surface area contributed by atoms with Gasteiger partial charge < -0.3 is 19.9 Å². The summed E-state index contributed by atoms with van der Waals surface area (Å²) in [7, 11) is 0. The van der Waals surface area contributed by atoms with E-state index >= 15 is 0 Å². The molecule has 0 bridgehead atoms. The lowest BCUT2D eigenvalue weighted by Gasteiger charge is -2.30. The summed E-state index contributed by atoms with van der Waals surface area (Å²) < 4.78 is 5.43. The molecule has 2 heterocycles. The molecule has 1 aliphatic heterocycles. The number of benzene rings is 1. The Bertz CT molecular complexity index is 1110. The van der Waals surface area contributed by atoms with Gasteiger partial charge in [-0.2, -0.15) is 5.26 Å². The van der Waals surface area contributed by atoms with E-state index in [1.807, 2.05) is 24.4 Å². The number of allylic oxidation sites excluding steroid dienone is 5. The van der Waals surface area contributed by atoms with Crippen LogP contribution in [0, 0.1) is 17.2 Å². The molecular formula is C27H32N4O2. The number of rotatable bonds is 8. The summed E-state index contributed by atoms with van der Waals surface area (Å²) in [6, 6.07) is 10.2. The highest BCUT2D eigenvalue weighted by molar-refractivity contribution is 5.97. The molecule has 4 rings (SSSR count). The van der Waals surface area contributed by atoms with E-state index in [9.17, 15) is 10.1 Å². The number of aromatic amines is 1. The molecule has 172 valence electrons. The third-order valence-electron chi connectivity index (χ3n) is 6.63. The molecule has 2 aromatic rings. The molecule has 2 aliphatic rings. The number of ether oxygens (including phenoxy) is 1. The summed E-state index contributed by atoms with van der Waals surface area (Å²) in [5.41, 5.74) is 4.67. The van der Waals surface area contributed by atoms with E-state index in [-0.39, 0.29) is 11.5 Å². The highest BCUT2D eigenvalue weighted by atomic mass is 16.5. The number of hydrogen-bond donors (Lipinski definition) is 2. The number of amides is 1. The van der Waals surface area contributed by atoms with Gasteiger partial charge in [-0.3, -0.25) is 4.79 Å². The van der Waals surface area contributed by atoms with Crippen LogP contribution in [-0.2, 0) is 16.0 Å². The molecule has 2 N–H and O–H groups in total. The summed E-state index contributed by atoms with van der Waals surface area (Å²) in [6.07, 6.45) is 12.1. The molecule has 1 saturated carbocycles. The van der Waals surface area contributed by atoms with Crippen molar-refractivity contribution >= 4 is 16.8 Å². The van der Waals surface area contributed by atoms with Crippen molar-refractivity contribution in [2.75, 3.05) is 32.8 Å². The Balaban J connectivity index is 1.41. The second kappa shape index (κ2) is 11.0. The third kappa shape index (κ3) is 5.74. The van der Waals surface area contributed by atoms with Gasteiger partial charge in [0, 0.05) is 42.4 Å². The zero-order valence-electron chi connectivity index (χ0n) is 19.3. The smallest absolute Gasteiger partial charge is 0.261 e. The first-order chi connectivity index (χ1) is 16.2. The van der Waals surface area contributed by atoms with Crippen molar-refractivity contribution in [1.82, 2.24) is 15.2 Å². The topological polar surface area (TPSA) is 81.2 Å². The molecule has 1 amide bonds. The van der Waals surface area contributed by atoms with Crippen LogP contribution in [0.4, 0.5) is 0 Å². The van der Waals surface area contributed by atoms with Crippen LogP contribution in [0.15, 0.2) is 65.5 Å². The zero-order chi connectivity index (χ0) is 23.0. The predicted octanol–water partition coefficient (Wildman–Crippen LogP) is 4.24. The molecule has 0 unspecified atom stereocenters. The highest BCUT2D eigenvalue weighted by Crippen LogP contribution is 2.34. The number of nitrogens with zero attached hydrogens (tertiary/aromatic N) is 2. The first-order valence-corrected chi connectivity index (χ1v) is 11.8. The summed E-state index contributed by atoms with van der Waals surface area (Å²) >= 11 is 0. The molecule has 1 saturated heterocycles. The predicted molar refractivity (Wildman–Crippen MR) is 130 cm³/mol. The van der Waals surface area contributed by atoms with Crippen LogP contribution in [0.1, 0.15) is 31.7 Å². The van der Waals surface area contributed by atoms with E-state index in [1.54, 1.807) is 6.08 Å². The van der Waals surface area contributed by atoms with Crippen molar-refractivity contribution in [3.63, 3.8) is 0 Å². The second-order valence-electron chi connectivity index (χ2n) is 8.74. The summed E-state index contributed by atoms with van der Waals surface area (Å²) in [5, 5.41) is 13.8. The molecule has 6 heteroatoms. The Morgan fingerprint density at radius 2 is 2.06 bits per heavy atom. The first-order valence-electron chi connectivity index (χ1n) is 11.8. The van der Waals surface area contributed by atoms with E-state index in [0.29, 0.717) is 18.9 Å². The van der Waals surface area contributed by atoms with Crippen molar-refractivity contribution in [3.05, 3.63) is 71.1 Å². The molecule has 2 fully saturated rings. The molecular weight excluding hydrogens is 412 g/mol. The Morgan fingerprint density at radius 1 is 1.27 bits per heavy atom. The fourth-order valence-corrected chi connectivity index (χ4v) is 4.34. The highest BCUT2D eigenvalue weighted by Gasteiger charge is 2.22. The maximum absolute atomic E-state index is 12.7. The van der Waals surface area contributed by atoms with Crippen LogP contribution in [0.3, 0.4) is 0 Å². The lowest BCUT2D eigenvalue weighted by Crippen LogP contribution is -2.34. The average Bonchev–Trinajstić information content (AvgIpc) is 3.23. The summed E-state index contributed by atoms with van der Waals surface area (Å²) in [5.74, 6) is 0.109. The van der Waals surface area contributed by atoms with E-state index in [1.165, 1.54) is 17.5 Å². The lowest BCUT2D eigenvalue weighted by atomic mass is 9.78. The van der Waals surface area contributed by atoms with Crippen molar-refractivity contribution in [3.8, 4) is 6.07 Å². The monoisotopic (exact) mass is 444 g/mol. The van der Waals surface area contributed by atoms with Gasteiger partial charge >= 0.3 is 0 Å². The average molecular weight is 445 g/mol. The lowest BCUT2D eigenvalue weighted by molar-refractivity contribution is -0.117. The molecule has 1 aromatic carbocycles. The normalized spacial score (nSPS) is 18.2. The largest absolute Gasteiger partial charge is 0.378 e. The van der Waals surface area contributed by atoms with E-state index in [0.717, 1.165) is 55.8 Å². The van der Waals surface area contributed by atoms with Gasteiger partial charge in [-0.1, -0.05) is 30.7 Å². The molecule has 1 aromatic heterocycles. The number of nitrogens with one attached hydrogen (secondary N) is 2. The first kappa shape index (κ1) is 22.9. The number of hydrogen-bond acceptors (Lipinski definition) is 4. The fraction of sp³-hybridized carbons (Fsp3) is 0.407. The van der Waals surface area contributed by atoms with Crippen LogP contribution < -0.4 is 5.32 Å². The van der Waals surface area contributed by atoms with Gasteiger partial charge in [0.25, 0.3) is 5.91 Å². The Hall–Kier alpha value is -3.30. The van der Waals surface area contributed by atoms with Crippen molar-refractivity contribution < 1.29 is 9.53 Å². The number of para-hydroxylation sites is 1. The Kier molecular flexibility index (Phi) is 7.64. The third-order valence-corrected chi connectivity index (χ3v) is 6.63. The molecule has 1 aliphatic carbocycles. The number of nitriles is 1. The van der Waals surface area contributed by atoms with Crippen molar-refractivity contribution in [2.45, 2.75) is 32.6 Å². The van der Waals surface area contributed by atoms with Crippen LogP contribution in [0.2, 0.25) is 0 Å². The minimum atomic E-state index is -0.309. The standard InChI is InChI=1S/C27H32N4O2/c1-20(31-13-15-33-16-14-31)9-10-22(21-5-4-6-21)17-24(18-28)27(32)29-12-11-23-19-30-26-8-3-2-7-25(23)26/h2-3,7-10,17,19,21,30H,4-6,11-16H2,1H3,(H,29,32)/b20-9+,22-10-,24-17+. The van der Waals surface area contributed by atoms with Gasteiger partial charge in [0.15, 0.2) is 0 Å². The number of carbonyl (C=O) groups excluding carboxylic acids is 1. The quantitative estimate of drug-likeness (QED) is 0.363. The zero-order valence-corrected chi connectivity index (χ0v) is 19.3. The maximum atomic E-state index is 12.7. The van der Waals surface area contributed by atoms with Gasteiger partial charge in [-0.25, -0.2) is 0 Å². The molecule has 0 atom stereocenters. The minimum Gasteiger partial charge on any atom is -0.378 e. The minimum absolute atomic E-state index is 0.171. The Labute approximate surface area is 195 Å². The van der Waals surface area contributed by atoms with E-state index in [4.69, 9.17) is 4.74 Å². The van der Waals surface area contributed by atoms with Gasteiger partial charge in [0.2, 0.25) is 0 Å². The Morgan fingerprint density at radius 3 is 2.79 bits per heavy atom. The van der Waals surface area contributed by atoms with Crippen LogP contribution in [-0.4, -0.2) is 48.6 Å². The molecule has 0 radical (unpaired) electrons. The van der Waals surface area contributed by atoms with Crippen LogP contribution in [0.5, 0.6) is 0 Å². The van der Waals surface area contributed by atoms with E-state index < -0.39 is 0 Å². The van der Waals surface area contributed by atoms with Crippen LogP contribution >= 0.6 is 0 Å². The number of carbonyl (C=O) groups is 1. The van der Waals surface area contributed by atoms with Gasteiger partial charge in [-0.15, -0.1) is 0 Å². The molecule has 33 heavy (non-hydrogen) atoms. The van der Waals surface area contributed by atoms with Gasteiger partial charge in [0.1, 0.15) is 11.6 Å². The molecule has 0 spiro atoms. The summed E-state index contributed by atoms with van der Waals surface area (Å²) in [6.45, 7) is 5.88. The summed E-state index contributed by atoms with van der Waals surface area (Å²) in [4.78, 5) is 18.3. The van der Waals surface area contributed by atoms with Crippen LogP contribution in [0.25, 0.3) is 10.9 Å². The van der Waals surface area contributed by atoms with E-state index in [2.05, 4.69) is 46.4 Å². The van der Waals surface area contributed by atoms with Crippen molar-refractivity contribution in [1.29, 1.82) is 5.26 Å². The SMILES string of the molecule is C\C(=C/C=C(/C=C(\C#N)C(=O)NCCc1c[nH]c2ccccc12)C1CCC1)N1CCOCC1. The number of H-pyrrole nitrogens is 1. The number of morpholine rings is 1. The second-order valence-corrected chi connectivity index (χ2v) is 8.74. The van der Waals surface area contributed by atoms with Gasteiger partial charge in [-0.05, 0) is 61.5 Å². The molecule has 6 nitrogen and oxygen atoms in total. The number of fused-ring (bicyclic) bond motifs is 1.